The number of alkyl halides is 6. The molecule has 1 fully saturated rings. The predicted octanol–water partition coefficient (Wildman–Crippen LogP) is 3.47. The van der Waals surface area contributed by atoms with Gasteiger partial charge in [0, 0.05) is 24.5 Å². The predicted molar refractivity (Wildman–Crippen MR) is 91.4 cm³/mol. The number of anilines is 1. The Bertz CT molecular complexity index is 920. The molecule has 0 aliphatic carbocycles. The molecule has 13 heteroatoms. The minimum atomic E-state index is -4.86. The highest BCUT2D eigenvalue weighted by Gasteiger charge is 2.38. The number of aromatic nitrogens is 2. The van der Waals surface area contributed by atoms with Crippen LogP contribution >= 0.6 is 0 Å². The molecule has 1 aromatic carbocycles. The Morgan fingerprint density at radius 1 is 1.20 bits per heavy atom. The summed E-state index contributed by atoms with van der Waals surface area (Å²) in [6.45, 7) is 1.40. The molecule has 0 spiro atoms. The fourth-order valence-corrected chi connectivity index (χ4v) is 3.10. The van der Waals surface area contributed by atoms with Gasteiger partial charge in [-0.15, -0.1) is 26.3 Å². The van der Waals surface area contributed by atoms with Gasteiger partial charge in [0.25, 0.3) is 0 Å². The second kappa shape index (κ2) is 8.13. The van der Waals surface area contributed by atoms with E-state index < -0.39 is 36.5 Å². The minimum absolute atomic E-state index is 0.0520. The summed E-state index contributed by atoms with van der Waals surface area (Å²) >= 11 is 0. The second-order valence-corrected chi connectivity index (χ2v) is 6.57. The van der Waals surface area contributed by atoms with Gasteiger partial charge in [0.1, 0.15) is 23.9 Å². The maximum absolute atomic E-state index is 12.5. The molecular weight excluding hydrogens is 422 g/mol. The van der Waals surface area contributed by atoms with Gasteiger partial charge in [0.2, 0.25) is 5.91 Å². The summed E-state index contributed by atoms with van der Waals surface area (Å²) in [6.07, 6.45) is -9.61. The molecule has 7 nitrogen and oxygen atoms in total. The van der Waals surface area contributed by atoms with Crippen LogP contribution in [0.1, 0.15) is 13.3 Å². The summed E-state index contributed by atoms with van der Waals surface area (Å²) in [6, 6.07) is 2.59. The zero-order valence-electron chi connectivity index (χ0n) is 15.4. The monoisotopic (exact) mass is 438 g/mol. The molecule has 2 aromatic rings. The molecule has 30 heavy (non-hydrogen) atoms. The molecule has 0 unspecified atom stereocenters. The second-order valence-electron chi connectivity index (χ2n) is 6.57. The first kappa shape index (κ1) is 21.9. The Morgan fingerprint density at radius 2 is 1.93 bits per heavy atom. The molecule has 1 aliphatic heterocycles. The van der Waals surface area contributed by atoms with Crippen LogP contribution in [0.15, 0.2) is 24.5 Å². The van der Waals surface area contributed by atoms with Crippen molar-refractivity contribution in [3.05, 3.63) is 24.5 Å². The number of carbonyl (C=O) groups is 1. The molecule has 0 radical (unpaired) electrons. The quantitative estimate of drug-likeness (QED) is 0.721. The van der Waals surface area contributed by atoms with E-state index in [9.17, 15) is 31.1 Å². The van der Waals surface area contributed by atoms with E-state index >= 15 is 0 Å². The fourth-order valence-electron chi connectivity index (χ4n) is 3.10. The Morgan fingerprint density at radius 3 is 2.60 bits per heavy atom. The first-order valence-electron chi connectivity index (χ1n) is 8.71. The molecule has 2 heterocycles. The van der Waals surface area contributed by atoms with Gasteiger partial charge in [-0.1, -0.05) is 0 Å². The first-order valence-corrected chi connectivity index (χ1v) is 8.71. The van der Waals surface area contributed by atoms with Crippen LogP contribution in [0.3, 0.4) is 0 Å². The lowest BCUT2D eigenvalue weighted by Gasteiger charge is -2.22. The minimum Gasteiger partial charge on any atom is -0.406 e. The smallest absolute Gasteiger partial charge is 0.406 e. The number of ether oxygens (including phenoxy) is 2. The van der Waals surface area contributed by atoms with Gasteiger partial charge in [0.15, 0.2) is 0 Å². The summed E-state index contributed by atoms with van der Waals surface area (Å²) < 4.78 is 81.9. The van der Waals surface area contributed by atoms with Crippen molar-refractivity contribution in [3.63, 3.8) is 0 Å². The van der Waals surface area contributed by atoms with Crippen molar-refractivity contribution in [2.75, 3.05) is 18.4 Å². The van der Waals surface area contributed by atoms with E-state index in [1.165, 1.54) is 17.9 Å². The summed E-state index contributed by atoms with van der Waals surface area (Å²) in [4.78, 5) is 21.7. The Kier molecular flexibility index (Phi) is 5.92. The van der Waals surface area contributed by atoms with Crippen LogP contribution in [0, 0.1) is 0 Å². The molecule has 0 saturated carbocycles. The number of likely N-dealkylation sites (tertiary alicyclic amines) is 1. The summed E-state index contributed by atoms with van der Waals surface area (Å²) in [5.74, 6) is -0.745. The highest BCUT2D eigenvalue weighted by atomic mass is 19.4. The van der Waals surface area contributed by atoms with E-state index in [1.807, 2.05) is 0 Å². The Hall–Kier alpha value is -2.83. The highest BCUT2D eigenvalue weighted by molar-refractivity contribution is 5.92. The molecule has 1 amide bonds. The molecule has 1 N–H and O–H groups in total. The van der Waals surface area contributed by atoms with Crippen LogP contribution in [0.25, 0.3) is 10.9 Å². The van der Waals surface area contributed by atoms with E-state index in [4.69, 9.17) is 0 Å². The number of nitrogens with one attached hydrogen (secondary N) is 1. The molecule has 1 saturated heterocycles. The number of carbonyl (C=O) groups excluding carboxylic acids is 1. The standard InChI is InChI=1S/C17H16F6N4O3/c1-9(15(28)27-5-4-11(7-27)30-17(21,22)23)26-14-12-3-2-10(29-16(18,19)20)6-13(12)24-8-25-14/h2-3,6,8-9,11H,4-5,7H2,1H3,(H,24,25,26)/t9-,11-/m1/s1. The van der Waals surface area contributed by atoms with Crippen LogP contribution in [0.5, 0.6) is 5.75 Å². The third-order valence-electron chi connectivity index (χ3n) is 4.32. The molecular formula is C17H16F6N4O3. The SMILES string of the molecule is C[C@@H](Nc1ncnc2cc(OC(F)(F)F)ccc12)C(=O)N1CC[C@@H](OC(F)(F)F)C1. The fraction of sp³-hybridized carbons (Fsp3) is 0.471. The molecule has 2 atom stereocenters. The Balaban J connectivity index is 1.69. The number of nitrogens with zero attached hydrogens (tertiary/aromatic N) is 3. The number of hydrogen-bond acceptors (Lipinski definition) is 6. The third-order valence-corrected chi connectivity index (χ3v) is 4.32. The number of halogens is 6. The molecule has 1 aliphatic rings. The van der Waals surface area contributed by atoms with Crippen molar-refractivity contribution in [2.24, 2.45) is 0 Å². The van der Waals surface area contributed by atoms with Crippen LogP contribution in [-0.4, -0.2) is 58.7 Å². The van der Waals surface area contributed by atoms with E-state index in [-0.39, 0.29) is 30.8 Å². The summed E-state index contributed by atoms with van der Waals surface area (Å²) in [7, 11) is 0. The maximum atomic E-state index is 12.5. The van der Waals surface area contributed by atoms with Crippen molar-refractivity contribution in [1.29, 1.82) is 0 Å². The van der Waals surface area contributed by atoms with Crippen molar-refractivity contribution >= 4 is 22.6 Å². The van der Waals surface area contributed by atoms with E-state index in [2.05, 4.69) is 24.8 Å². The van der Waals surface area contributed by atoms with E-state index in [0.717, 1.165) is 18.5 Å². The summed E-state index contributed by atoms with van der Waals surface area (Å²) in [5.41, 5.74) is 0.147. The topological polar surface area (TPSA) is 76.6 Å². The molecule has 164 valence electrons. The van der Waals surface area contributed by atoms with Gasteiger partial charge in [-0.3, -0.25) is 9.53 Å². The van der Waals surface area contributed by atoms with Gasteiger partial charge in [-0.2, -0.15) is 0 Å². The van der Waals surface area contributed by atoms with Gasteiger partial charge in [-0.25, -0.2) is 9.97 Å². The zero-order chi connectivity index (χ0) is 22.1. The molecule has 3 rings (SSSR count). The van der Waals surface area contributed by atoms with Gasteiger partial charge >= 0.3 is 12.7 Å². The van der Waals surface area contributed by atoms with Crippen molar-refractivity contribution in [2.45, 2.75) is 38.2 Å². The number of amides is 1. The first-order chi connectivity index (χ1) is 13.9. The van der Waals surface area contributed by atoms with Crippen molar-refractivity contribution in [1.82, 2.24) is 14.9 Å². The number of benzene rings is 1. The van der Waals surface area contributed by atoms with E-state index in [0.29, 0.717) is 5.39 Å². The third kappa shape index (κ3) is 5.62. The molecule has 0 bridgehead atoms. The van der Waals surface area contributed by atoms with Crippen LogP contribution in [0.2, 0.25) is 0 Å². The number of hydrogen-bond donors (Lipinski definition) is 1. The van der Waals surface area contributed by atoms with Gasteiger partial charge in [0.05, 0.1) is 11.6 Å². The summed E-state index contributed by atoms with van der Waals surface area (Å²) in [5, 5.41) is 3.16. The average Bonchev–Trinajstić information content (AvgIpc) is 3.06. The van der Waals surface area contributed by atoms with Crippen LogP contribution in [-0.2, 0) is 9.53 Å². The normalized spacial score (nSPS) is 18.5. The average molecular weight is 438 g/mol. The highest BCUT2D eigenvalue weighted by Crippen LogP contribution is 2.29. The zero-order valence-corrected chi connectivity index (χ0v) is 15.4. The lowest BCUT2D eigenvalue weighted by molar-refractivity contribution is -0.340. The van der Waals surface area contributed by atoms with Gasteiger partial charge in [-0.05, 0) is 25.5 Å². The Labute approximate surface area is 166 Å². The lowest BCUT2D eigenvalue weighted by Crippen LogP contribution is -2.41. The van der Waals surface area contributed by atoms with E-state index in [1.54, 1.807) is 0 Å². The largest absolute Gasteiger partial charge is 0.573 e. The maximum Gasteiger partial charge on any atom is 0.573 e. The van der Waals surface area contributed by atoms with Crippen molar-refractivity contribution in [3.8, 4) is 5.75 Å². The van der Waals surface area contributed by atoms with Crippen LogP contribution < -0.4 is 10.1 Å². The molecule has 1 aromatic heterocycles. The number of rotatable bonds is 5. The van der Waals surface area contributed by atoms with Crippen molar-refractivity contribution < 1.29 is 40.6 Å². The lowest BCUT2D eigenvalue weighted by atomic mass is 10.2. The van der Waals surface area contributed by atoms with Crippen LogP contribution in [0.4, 0.5) is 32.2 Å². The van der Waals surface area contributed by atoms with Gasteiger partial charge < -0.3 is 15.0 Å². The number of fused-ring (bicyclic) bond motifs is 1.